The van der Waals surface area contributed by atoms with Crippen molar-refractivity contribution in [2.24, 2.45) is 0 Å². The quantitative estimate of drug-likeness (QED) is 0.137. The van der Waals surface area contributed by atoms with Crippen LogP contribution in [0.2, 0.25) is 0 Å². The van der Waals surface area contributed by atoms with Gasteiger partial charge in [-0.15, -0.1) is 0 Å². The molecular weight excluding hydrogens is 1340 g/mol. The van der Waals surface area contributed by atoms with Gasteiger partial charge in [-0.1, -0.05) is 218 Å². The second kappa shape index (κ2) is 23.5. The summed E-state index contributed by atoms with van der Waals surface area (Å²) in [6.45, 7) is 0. The van der Waals surface area contributed by atoms with Crippen LogP contribution in [-0.4, -0.2) is 9.13 Å². The van der Waals surface area contributed by atoms with E-state index in [2.05, 4.69) is 361 Å². The van der Waals surface area contributed by atoms with E-state index in [0.29, 0.717) is 0 Å². The monoisotopic (exact) mass is 1400 g/mol. The molecule has 0 spiro atoms. The molecule has 23 aromatic rings. The summed E-state index contributed by atoms with van der Waals surface area (Å²) >= 11 is 0. The molecule has 110 heavy (non-hydrogen) atoms. The predicted molar refractivity (Wildman–Crippen MR) is 454 cm³/mol. The Morgan fingerprint density at radius 3 is 0.945 bits per heavy atom. The van der Waals surface area contributed by atoms with Gasteiger partial charge in [0.05, 0.1) is 22.1 Å². The smallest absolute Gasteiger partial charge is 0.136 e. The molecule has 1 unspecified atom stereocenters. The van der Waals surface area contributed by atoms with Gasteiger partial charge in [-0.2, -0.15) is 0 Å². The Kier molecular flexibility index (Phi) is 13.0. The number of rotatable bonds is 10. The third kappa shape index (κ3) is 9.42. The third-order valence-corrected chi connectivity index (χ3v) is 23.7. The second-order valence-electron chi connectivity index (χ2n) is 29.8. The Balaban J connectivity index is 0.522. The molecule has 0 N–H and O–H groups in total. The van der Waals surface area contributed by atoms with Crippen LogP contribution in [0.25, 0.3) is 221 Å². The van der Waals surface area contributed by atoms with E-state index in [4.69, 9.17) is 17.7 Å². The highest BCUT2D eigenvalue weighted by molar-refractivity contribution is 6.18. The van der Waals surface area contributed by atoms with Gasteiger partial charge in [0, 0.05) is 81.9 Å². The highest BCUT2D eigenvalue weighted by Gasteiger charge is 2.31. The van der Waals surface area contributed by atoms with Gasteiger partial charge in [-0.3, -0.25) is 0 Å². The minimum atomic E-state index is 0.157. The van der Waals surface area contributed by atoms with Crippen LogP contribution in [0.1, 0.15) is 22.6 Å². The number of nitrogens with zero attached hydrogens (tertiary/aromatic N) is 2. The van der Waals surface area contributed by atoms with Crippen LogP contribution < -0.4 is 0 Å². The zero-order chi connectivity index (χ0) is 71.8. The van der Waals surface area contributed by atoms with Crippen LogP contribution in [-0.2, 0) is 6.42 Å². The second-order valence-corrected chi connectivity index (χ2v) is 29.8. The first-order chi connectivity index (χ1) is 54.4. The van der Waals surface area contributed by atoms with Crippen molar-refractivity contribution >= 4 is 131 Å². The van der Waals surface area contributed by atoms with Crippen LogP contribution in [0.15, 0.2) is 376 Å². The molecule has 1 atom stereocenters. The third-order valence-electron chi connectivity index (χ3n) is 23.7. The maximum absolute atomic E-state index is 6.80. The molecule has 0 bridgehead atoms. The summed E-state index contributed by atoms with van der Waals surface area (Å²) in [6, 6.07) is 130. The molecule has 0 fully saturated rings. The molecule has 6 heteroatoms. The molecule has 17 aromatic carbocycles. The fraction of sp³-hybridized carbons (Fsp3) is 0.0192. The zero-order valence-electron chi connectivity index (χ0n) is 59.4. The minimum Gasteiger partial charge on any atom is -0.456 e. The molecule has 512 valence electrons. The van der Waals surface area contributed by atoms with Gasteiger partial charge < -0.3 is 26.8 Å². The summed E-state index contributed by atoms with van der Waals surface area (Å²) in [5.41, 5.74) is 34.0. The first-order valence-corrected chi connectivity index (χ1v) is 37.8. The Morgan fingerprint density at radius 1 is 0.191 bits per heavy atom. The number of benzene rings is 17. The maximum Gasteiger partial charge on any atom is 0.136 e. The van der Waals surface area contributed by atoms with Crippen molar-refractivity contribution < 1.29 is 17.7 Å². The molecule has 0 saturated heterocycles. The van der Waals surface area contributed by atoms with E-state index >= 15 is 0 Å². The molecule has 0 radical (unpaired) electrons. The Hall–Kier alpha value is -14.5. The molecular formula is C104H62N2O4. The van der Waals surface area contributed by atoms with Gasteiger partial charge in [-0.05, 0) is 241 Å². The highest BCUT2D eigenvalue weighted by Crippen LogP contribution is 2.51. The summed E-state index contributed by atoms with van der Waals surface area (Å²) in [7, 11) is 0. The molecule has 1 aliphatic rings. The normalized spacial score (nSPS) is 13.0. The average Bonchev–Trinajstić information content (AvgIpc) is 1.61. The highest BCUT2D eigenvalue weighted by atomic mass is 16.3. The molecule has 6 nitrogen and oxygen atoms in total. The van der Waals surface area contributed by atoms with Crippen molar-refractivity contribution in [2.75, 3.05) is 0 Å². The molecule has 24 rings (SSSR count). The standard InChI is InChI=1S/C104H62N2O4/c1-3-17-62(18-4-1)67-32-39-76-85(77-40-33-68(51-87(77)86(76)50-67)73-37-44-84-92-58-101-89(57-104(92)110-100(84)56-73)81-41-34-70(53-97(81)107-101)63-19-5-2-6-20-63)47-61-16-13-21-64(46-61)69-38-45-96-88(52-69)80-28-9-12-31-95(80)106(96)75-25-15-23-66(49-75)72-36-43-83-91-60-102-90(59-103(91)109-99(83)55-72)82-42-35-71(54-98(82)108-102)65-22-14-24-74(48-65)105-93-29-10-7-26-78(93)79-27-8-11-30-94(79)105/h1-46,48-60,85H,47H2. The van der Waals surface area contributed by atoms with Crippen LogP contribution in [0.5, 0.6) is 0 Å². The lowest BCUT2D eigenvalue weighted by Crippen LogP contribution is -2.02. The summed E-state index contributed by atoms with van der Waals surface area (Å²) in [6.07, 6.45) is 0.854. The first kappa shape index (κ1) is 60.8. The van der Waals surface area contributed by atoms with E-state index in [-0.39, 0.29) is 5.92 Å². The number of aromatic nitrogens is 2. The molecule has 6 aromatic heterocycles. The average molecular weight is 1400 g/mol. The minimum absolute atomic E-state index is 0.157. The lowest BCUT2D eigenvalue weighted by Gasteiger charge is -2.16. The molecule has 1 aliphatic carbocycles. The van der Waals surface area contributed by atoms with Crippen molar-refractivity contribution in [1.82, 2.24) is 9.13 Å². The van der Waals surface area contributed by atoms with Gasteiger partial charge in [0.25, 0.3) is 0 Å². The fourth-order valence-electron chi connectivity index (χ4n) is 18.4. The fourth-order valence-corrected chi connectivity index (χ4v) is 18.4. The van der Waals surface area contributed by atoms with E-state index in [0.717, 1.165) is 156 Å². The van der Waals surface area contributed by atoms with E-state index in [9.17, 15) is 0 Å². The van der Waals surface area contributed by atoms with Crippen molar-refractivity contribution in [3.05, 3.63) is 375 Å². The van der Waals surface area contributed by atoms with E-state index in [1.807, 2.05) is 6.07 Å². The predicted octanol–water partition coefficient (Wildman–Crippen LogP) is 28.8. The van der Waals surface area contributed by atoms with E-state index < -0.39 is 0 Å². The number of hydrogen-bond donors (Lipinski definition) is 0. The number of para-hydroxylation sites is 3. The van der Waals surface area contributed by atoms with Crippen LogP contribution in [0, 0.1) is 0 Å². The van der Waals surface area contributed by atoms with Crippen molar-refractivity contribution in [1.29, 1.82) is 0 Å². The molecule has 0 saturated carbocycles. The van der Waals surface area contributed by atoms with Gasteiger partial charge >= 0.3 is 0 Å². The van der Waals surface area contributed by atoms with Crippen LogP contribution >= 0.6 is 0 Å². The van der Waals surface area contributed by atoms with Crippen molar-refractivity contribution in [2.45, 2.75) is 12.3 Å². The van der Waals surface area contributed by atoms with Crippen molar-refractivity contribution in [3.63, 3.8) is 0 Å². The van der Waals surface area contributed by atoms with Gasteiger partial charge in [-0.25, -0.2) is 0 Å². The molecule has 0 aliphatic heterocycles. The summed E-state index contributed by atoms with van der Waals surface area (Å²) in [4.78, 5) is 0. The Labute approximate surface area is 630 Å². The Morgan fingerprint density at radius 2 is 0.500 bits per heavy atom. The lowest BCUT2D eigenvalue weighted by molar-refractivity contribution is 0.664. The zero-order valence-corrected chi connectivity index (χ0v) is 59.4. The topological polar surface area (TPSA) is 62.4 Å². The van der Waals surface area contributed by atoms with Gasteiger partial charge in [0.2, 0.25) is 0 Å². The lowest BCUT2D eigenvalue weighted by atomic mass is 9.88. The SMILES string of the molecule is c1ccc(-c2ccc3c(c2)-c2cc(-c4ccc5c(c4)oc4cc6c(cc45)oc4cc(-c5ccccc5)ccc46)ccc2C3Cc2cccc(-c3ccc4c(c3)c3ccccc3n4-c3cccc(-c4ccc5c(c4)oc4cc6c(cc45)oc4cc(-c5cccc(-n7c8ccccc8c8ccccc87)c5)ccc46)c3)c2)cc1. The number of furan rings is 4. The summed E-state index contributed by atoms with van der Waals surface area (Å²) in [5, 5.41) is 13.3. The van der Waals surface area contributed by atoms with Crippen LogP contribution in [0.3, 0.4) is 0 Å². The number of hydrogen-bond acceptors (Lipinski definition) is 4. The Bertz CT molecular complexity index is 7770. The summed E-state index contributed by atoms with van der Waals surface area (Å²) < 4.78 is 31.6. The number of fused-ring (bicyclic) bond motifs is 21. The molecule has 0 amide bonds. The van der Waals surface area contributed by atoms with Crippen LogP contribution in [0.4, 0.5) is 0 Å². The largest absolute Gasteiger partial charge is 0.456 e. The molecule has 6 heterocycles. The maximum atomic E-state index is 6.80. The van der Waals surface area contributed by atoms with Crippen molar-refractivity contribution in [3.8, 4) is 89.3 Å². The first-order valence-electron chi connectivity index (χ1n) is 37.8. The van der Waals surface area contributed by atoms with Gasteiger partial charge in [0.1, 0.15) is 44.7 Å². The van der Waals surface area contributed by atoms with E-state index in [1.54, 1.807) is 0 Å². The van der Waals surface area contributed by atoms with Gasteiger partial charge in [0.15, 0.2) is 0 Å². The summed E-state index contributed by atoms with van der Waals surface area (Å²) in [5.74, 6) is 0.157. The van der Waals surface area contributed by atoms with E-state index in [1.165, 1.54) is 88.2 Å².